The van der Waals surface area contributed by atoms with Gasteiger partial charge in [0.15, 0.2) is 0 Å². The van der Waals surface area contributed by atoms with Gasteiger partial charge in [-0.25, -0.2) is 0 Å². The second-order valence-electron chi connectivity index (χ2n) is 6.98. The van der Waals surface area contributed by atoms with Gasteiger partial charge in [0.05, 0.1) is 10.5 Å². The number of carbonyl (C=O) groups is 1. The number of hydrogen-bond donors (Lipinski definition) is 1. The lowest BCUT2D eigenvalue weighted by atomic mass is 10.1. The predicted octanol–water partition coefficient (Wildman–Crippen LogP) is 5.79. The number of carbonyl (C=O) groups excluding carboxylic acids is 1. The van der Waals surface area contributed by atoms with Crippen LogP contribution in [0.5, 0.6) is 0 Å². The molecular formula is C24H23N3O3. The molecule has 3 aromatic carbocycles. The summed E-state index contributed by atoms with van der Waals surface area (Å²) in [6, 6.07) is 24.2. The van der Waals surface area contributed by atoms with E-state index in [9.17, 15) is 14.9 Å². The Morgan fingerprint density at radius 1 is 0.933 bits per heavy atom. The molecule has 0 fully saturated rings. The van der Waals surface area contributed by atoms with Gasteiger partial charge in [-0.15, -0.1) is 0 Å². The molecule has 6 heteroatoms. The summed E-state index contributed by atoms with van der Waals surface area (Å²) in [5.41, 5.74) is 3.10. The van der Waals surface area contributed by atoms with Crippen molar-refractivity contribution < 1.29 is 9.72 Å². The van der Waals surface area contributed by atoms with E-state index in [1.165, 1.54) is 18.2 Å². The van der Waals surface area contributed by atoms with Crippen LogP contribution in [0.4, 0.5) is 22.7 Å². The number of hydrogen-bond acceptors (Lipinski definition) is 4. The van der Waals surface area contributed by atoms with Crippen molar-refractivity contribution in [1.82, 2.24) is 0 Å². The van der Waals surface area contributed by atoms with Crippen molar-refractivity contribution in [3.05, 3.63) is 101 Å². The largest absolute Gasteiger partial charge is 0.339 e. The van der Waals surface area contributed by atoms with E-state index in [4.69, 9.17) is 0 Å². The number of para-hydroxylation sites is 2. The van der Waals surface area contributed by atoms with Crippen molar-refractivity contribution >= 4 is 34.7 Å². The summed E-state index contributed by atoms with van der Waals surface area (Å²) in [4.78, 5) is 25.0. The van der Waals surface area contributed by atoms with Gasteiger partial charge in [-0.2, -0.15) is 0 Å². The molecule has 0 spiro atoms. The average molecular weight is 401 g/mol. The zero-order valence-electron chi connectivity index (χ0n) is 16.9. The van der Waals surface area contributed by atoms with Gasteiger partial charge in [0.2, 0.25) is 5.91 Å². The lowest BCUT2D eigenvalue weighted by Crippen LogP contribution is -2.25. The zero-order chi connectivity index (χ0) is 21.5. The molecule has 0 saturated heterocycles. The zero-order valence-corrected chi connectivity index (χ0v) is 16.9. The minimum absolute atomic E-state index is 0.0411. The minimum atomic E-state index is -0.469. The van der Waals surface area contributed by atoms with Gasteiger partial charge in [-0.1, -0.05) is 30.3 Å². The van der Waals surface area contributed by atoms with Gasteiger partial charge in [0.25, 0.3) is 5.69 Å². The highest BCUT2D eigenvalue weighted by molar-refractivity contribution is 6.02. The van der Waals surface area contributed by atoms with Crippen LogP contribution in [0, 0.1) is 10.1 Å². The Hall–Kier alpha value is -3.93. The normalized spacial score (nSPS) is 10.9. The molecule has 3 aromatic rings. The van der Waals surface area contributed by atoms with E-state index in [1.807, 2.05) is 42.5 Å². The molecule has 0 aliphatic carbocycles. The summed E-state index contributed by atoms with van der Waals surface area (Å²) >= 11 is 0. The summed E-state index contributed by atoms with van der Waals surface area (Å²) in [5, 5.41) is 13.8. The molecule has 1 amide bonds. The lowest BCUT2D eigenvalue weighted by Gasteiger charge is -2.29. The van der Waals surface area contributed by atoms with E-state index in [1.54, 1.807) is 18.2 Å². The van der Waals surface area contributed by atoms with Crippen LogP contribution in [-0.4, -0.2) is 16.9 Å². The van der Waals surface area contributed by atoms with Crippen molar-refractivity contribution in [3.8, 4) is 0 Å². The molecule has 0 atom stereocenters. The van der Waals surface area contributed by atoms with Crippen molar-refractivity contribution in [2.24, 2.45) is 0 Å². The first-order valence-electron chi connectivity index (χ1n) is 9.62. The molecule has 0 bridgehead atoms. The highest BCUT2D eigenvalue weighted by atomic mass is 16.6. The van der Waals surface area contributed by atoms with Crippen molar-refractivity contribution in [3.63, 3.8) is 0 Å². The Balaban J connectivity index is 1.71. The highest BCUT2D eigenvalue weighted by Crippen LogP contribution is 2.28. The highest BCUT2D eigenvalue weighted by Gasteiger charge is 2.13. The summed E-state index contributed by atoms with van der Waals surface area (Å²) in [5.74, 6) is -0.357. The fourth-order valence-electron chi connectivity index (χ4n) is 3.18. The number of anilines is 3. The quantitative estimate of drug-likeness (QED) is 0.309. The number of nitro groups is 1. The molecule has 152 valence electrons. The van der Waals surface area contributed by atoms with Gasteiger partial charge in [-0.3, -0.25) is 14.9 Å². The first kappa shape index (κ1) is 20.8. The number of benzene rings is 3. The first-order chi connectivity index (χ1) is 14.5. The molecule has 0 aromatic heterocycles. The van der Waals surface area contributed by atoms with E-state index in [0.29, 0.717) is 11.3 Å². The molecule has 3 rings (SSSR count). The van der Waals surface area contributed by atoms with Crippen molar-refractivity contribution in [2.45, 2.75) is 19.9 Å². The fraction of sp³-hybridized carbons (Fsp3) is 0.125. The Morgan fingerprint density at radius 3 is 2.17 bits per heavy atom. The molecule has 0 saturated carbocycles. The topological polar surface area (TPSA) is 75.5 Å². The summed E-state index contributed by atoms with van der Waals surface area (Å²) in [7, 11) is 0. The van der Waals surface area contributed by atoms with E-state index in [2.05, 4.69) is 36.2 Å². The van der Waals surface area contributed by atoms with Gasteiger partial charge in [-0.05, 0) is 62.4 Å². The number of amides is 1. The number of nitrogens with zero attached hydrogens (tertiary/aromatic N) is 2. The van der Waals surface area contributed by atoms with Gasteiger partial charge in [0, 0.05) is 35.2 Å². The Labute approximate surface area is 175 Å². The fourth-order valence-corrected chi connectivity index (χ4v) is 3.18. The molecule has 0 radical (unpaired) electrons. The van der Waals surface area contributed by atoms with Gasteiger partial charge in [0.1, 0.15) is 0 Å². The molecular weight excluding hydrogens is 378 g/mol. The Bertz CT molecular complexity index is 1040. The summed E-state index contributed by atoms with van der Waals surface area (Å²) in [6.07, 6.45) is 2.73. The molecule has 0 aliphatic heterocycles. The molecule has 0 aliphatic rings. The molecule has 0 unspecified atom stereocenters. The third-order valence-corrected chi connectivity index (χ3v) is 4.51. The monoisotopic (exact) mass is 401 g/mol. The standard InChI is InChI=1S/C24H23N3O3/c1-18(2)26(21-9-4-3-5-10-21)22-15-13-20(14-16-22)25-24(28)17-12-19-8-6-7-11-23(19)27(29)30/h3-18H,1-2H3,(H,25,28)/b17-12+. The molecule has 1 N–H and O–H groups in total. The van der Waals surface area contributed by atoms with Crippen LogP contribution in [0.15, 0.2) is 84.9 Å². The van der Waals surface area contributed by atoms with E-state index < -0.39 is 4.92 Å². The maximum atomic E-state index is 12.2. The average Bonchev–Trinajstić information content (AvgIpc) is 2.74. The van der Waals surface area contributed by atoms with E-state index >= 15 is 0 Å². The third-order valence-electron chi connectivity index (χ3n) is 4.51. The van der Waals surface area contributed by atoms with Crippen LogP contribution in [0.1, 0.15) is 19.4 Å². The maximum absolute atomic E-state index is 12.2. The number of rotatable bonds is 7. The first-order valence-corrected chi connectivity index (χ1v) is 9.62. The lowest BCUT2D eigenvalue weighted by molar-refractivity contribution is -0.385. The number of nitro benzene ring substituents is 1. The molecule has 30 heavy (non-hydrogen) atoms. The SMILES string of the molecule is CC(C)N(c1ccccc1)c1ccc(NC(=O)/C=C/c2ccccc2[N+](=O)[O-])cc1. The van der Waals surface area contributed by atoms with Crippen LogP contribution in [0.2, 0.25) is 0 Å². The maximum Gasteiger partial charge on any atom is 0.276 e. The van der Waals surface area contributed by atoms with Crippen LogP contribution in [0.25, 0.3) is 6.08 Å². The Kier molecular flexibility index (Phi) is 6.60. The minimum Gasteiger partial charge on any atom is -0.339 e. The van der Waals surface area contributed by atoms with Crippen molar-refractivity contribution in [2.75, 3.05) is 10.2 Å². The molecule has 6 nitrogen and oxygen atoms in total. The van der Waals surface area contributed by atoms with Gasteiger partial charge < -0.3 is 10.2 Å². The van der Waals surface area contributed by atoms with Crippen LogP contribution < -0.4 is 10.2 Å². The van der Waals surface area contributed by atoms with Crippen LogP contribution >= 0.6 is 0 Å². The number of nitrogens with one attached hydrogen (secondary N) is 1. The van der Waals surface area contributed by atoms with Crippen molar-refractivity contribution in [1.29, 1.82) is 0 Å². The second-order valence-corrected chi connectivity index (χ2v) is 6.98. The molecule has 0 heterocycles. The second kappa shape index (κ2) is 9.52. The Morgan fingerprint density at radius 2 is 1.53 bits per heavy atom. The van der Waals surface area contributed by atoms with E-state index in [0.717, 1.165) is 11.4 Å². The van der Waals surface area contributed by atoms with Crippen LogP contribution in [0.3, 0.4) is 0 Å². The van der Waals surface area contributed by atoms with Crippen LogP contribution in [-0.2, 0) is 4.79 Å². The smallest absolute Gasteiger partial charge is 0.276 e. The summed E-state index contributed by atoms with van der Waals surface area (Å²) in [6.45, 7) is 4.24. The van der Waals surface area contributed by atoms with Gasteiger partial charge >= 0.3 is 0 Å². The summed E-state index contributed by atoms with van der Waals surface area (Å²) < 4.78 is 0. The van der Waals surface area contributed by atoms with E-state index in [-0.39, 0.29) is 17.6 Å². The predicted molar refractivity (Wildman–Crippen MR) is 121 cm³/mol. The third kappa shape index (κ3) is 5.11.